The number of nitrogens with zero attached hydrogens (tertiary/aromatic N) is 7. The molecule has 11 nitrogen and oxygen atoms in total. The normalized spacial score (nSPS) is 20.6. The molecule has 3 atom stereocenters. The second-order valence-electron chi connectivity index (χ2n) is 10.3. The van der Waals surface area contributed by atoms with Crippen LogP contribution in [0.2, 0.25) is 5.02 Å². The number of hydrogen-bond acceptors (Lipinski definition) is 7. The minimum Gasteiger partial charge on any atom is -0.326 e. The summed E-state index contributed by atoms with van der Waals surface area (Å²) in [6, 6.07) is 11.6. The molecule has 1 fully saturated rings. The quantitative estimate of drug-likeness (QED) is 0.345. The number of aromatic nitrogens is 8. The number of carbonyl (C=O) groups excluding carboxylic acids is 1. The van der Waals surface area contributed by atoms with Crippen LogP contribution in [-0.4, -0.2) is 45.6 Å². The van der Waals surface area contributed by atoms with Crippen molar-refractivity contribution in [1.29, 1.82) is 0 Å². The zero-order chi connectivity index (χ0) is 27.1. The molecular formula is C27H19ClFN9O2. The lowest BCUT2D eigenvalue weighted by atomic mass is 9.99. The Bertz CT molecular complexity index is 1920. The number of anilines is 1. The van der Waals surface area contributed by atoms with E-state index in [1.165, 1.54) is 17.1 Å². The number of rotatable bonds is 4. The molecule has 198 valence electrons. The summed E-state index contributed by atoms with van der Waals surface area (Å²) >= 11 is 6.30. The third kappa shape index (κ3) is 3.52. The molecule has 0 saturated heterocycles. The summed E-state index contributed by atoms with van der Waals surface area (Å²) in [6.07, 6.45) is 3.25. The third-order valence-electron chi connectivity index (χ3n) is 7.90. The van der Waals surface area contributed by atoms with Crippen LogP contribution >= 0.6 is 11.6 Å². The summed E-state index contributed by atoms with van der Waals surface area (Å²) in [5.74, 6) is 0.587. The Kier molecular flexibility index (Phi) is 4.87. The fourth-order valence-electron chi connectivity index (χ4n) is 5.98. The van der Waals surface area contributed by atoms with E-state index in [0.717, 1.165) is 17.7 Å². The molecule has 0 spiro atoms. The molecule has 2 aromatic carbocycles. The average Bonchev–Trinajstić information content (AvgIpc) is 3.24. The molecule has 8 rings (SSSR count). The van der Waals surface area contributed by atoms with Crippen molar-refractivity contribution in [1.82, 2.24) is 39.7 Å². The minimum atomic E-state index is -0.567. The topological polar surface area (TPSA) is 136 Å². The lowest BCUT2D eigenvalue weighted by molar-refractivity contribution is -0.116. The van der Waals surface area contributed by atoms with Gasteiger partial charge < -0.3 is 10.3 Å². The number of aryl methyl sites for hydroxylation is 1. The van der Waals surface area contributed by atoms with Crippen LogP contribution in [0, 0.1) is 11.9 Å². The maximum Gasteiger partial charge on any atom is 0.254 e. The maximum atomic E-state index is 15.2. The van der Waals surface area contributed by atoms with Gasteiger partial charge in [0.05, 0.1) is 17.4 Å². The Hall–Kier alpha value is -4.71. The minimum absolute atomic E-state index is 0.0310. The molecule has 3 aliphatic rings. The molecule has 0 bridgehead atoms. The van der Waals surface area contributed by atoms with Gasteiger partial charge in [-0.2, -0.15) is 9.07 Å². The number of aromatic amines is 1. The Morgan fingerprint density at radius 3 is 2.80 bits per heavy atom. The Labute approximate surface area is 230 Å². The van der Waals surface area contributed by atoms with Crippen LogP contribution in [0.3, 0.4) is 0 Å². The van der Waals surface area contributed by atoms with E-state index in [1.807, 2.05) is 6.07 Å². The summed E-state index contributed by atoms with van der Waals surface area (Å²) in [6.45, 7) is 0. The summed E-state index contributed by atoms with van der Waals surface area (Å²) in [5, 5.41) is 14.7. The highest BCUT2D eigenvalue weighted by atomic mass is 35.5. The number of fused-ring (bicyclic) bond motifs is 4. The summed E-state index contributed by atoms with van der Waals surface area (Å²) in [5.41, 5.74) is 3.92. The van der Waals surface area contributed by atoms with Crippen LogP contribution < -0.4 is 10.9 Å². The Balaban J connectivity index is 1.19. The number of imidazole rings is 1. The largest absolute Gasteiger partial charge is 0.326 e. The highest BCUT2D eigenvalue weighted by molar-refractivity contribution is 6.31. The van der Waals surface area contributed by atoms with Gasteiger partial charge >= 0.3 is 0 Å². The average molecular weight is 556 g/mol. The van der Waals surface area contributed by atoms with Gasteiger partial charge in [-0.3, -0.25) is 14.2 Å². The molecule has 1 saturated carbocycles. The summed E-state index contributed by atoms with van der Waals surface area (Å²) in [7, 11) is 0. The zero-order valence-electron chi connectivity index (χ0n) is 20.7. The van der Waals surface area contributed by atoms with Gasteiger partial charge in [-0.1, -0.05) is 17.7 Å². The molecule has 0 radical (unpaired) electrons. The van der Waals surface area contributed by atoms with E-state index < -0.39 is 12.0 Å². The molecule has 2 N–H and O–H groups in total. The van der Waals surface area contributed by atoms with E-state index >= 15 is 4.39 Å². The standard InChI is InChI=1S/C27H19ClFN9O2/c28-14-3-5-20(37-11-30-35-36-37)17(8-14)19-10-22(40)38-24(15-9-16(15)27(38)32-19)26-33-23(25(29)34-26)13-1-4-18-12(7-13)2-6-21(39)31-18/h1,3-5,7-8,10-11,15-16,24H,2,6,9H2,(H,31,39)(H,33,34). The van der Waals surface area contributed by atoms with Crippen LogP contribution in [0.5, 0.6) is 0 Å². The van der Waals surface area contributed by atoms with Gasteiger partial charge in [0, 0.05) is 40.2 Å². The molecule has 13 heteroatoms. The maximum absolute atomic E-state index is 15.2. The number of nitrogens with one attached hydrogen (secondary N) is 2. The first kappa shape index (κ1) is 23.2. The zero-order valence-corrected chi connectivity index (χ0v) is 21.4. The molecule has 1 amide bonds. The van der Waals surface area contributed by atoms with Crippen molar-refractivity contribution in [3.8, 4) is 28.2 Å². The van der Waals surface area contributed by atoms with Gasteiger partial charge in [-0.15, -0.1) is 5.10 Å². The van der Waals surface area contributed by atoms with Gasteiger partial charge in [0.15, 0.2) is 0 Å². The van der Waals surface area contributed by atoms with Crippen LogP contribution in [0.1, 0.15) is 42.0 Å². The summed E-state index contributed by atoms with van der Waals surface area (Å²) in [4.78, 5) is 37.6. The number of carbonyl (C=O) groups is 1. The highest BCUT2D eigenvalue weighted by Gasteiger charge is 2.55. The fourth-order valence-corrected chi connectivity index (χ4v) is 6.15. The molecule has 3 unspecified atom stereocenters. The van der Waals surface area contributed by atoms with Crippen molar-refractivity contribution in [3.63, 3.8) is 0 Å². The van der Waals surface area contributed by atoms with E-state index in [2.05, 4.69) is 30.8 Å². The monoisotopic (exact) mass is 555 g/mol. The Morgan fingerprint density at radius 1 is 1.05 bits per heavy atom. The number of H-pyrrole nitrogens is 1. The van der Waals surface area contributed by atoms with E-state index in [0.29, 0.717) is 52.0 Å². The van der Waals surface area contributed by atoms with Gasteiger partial charge in [0.2, 0.25) is 11.9 Å². The van der Waals surface area contributed by atoms with Crippen LogP contribution in [0.25, 0.3) is 28.2 Å². The van der Waals surface area contributed by atoms with Gasteiger partial charge in [-0.25, -0.2) is 9.97 Å². The molecule has 1 aliphatic carbocycles. The lowest BCUT2D eigenvalue weighted by Gasteiger charge is -2.17. The number of amides is 1. The second-order valence-corrected chi connectivity index (χ2v) is 10.7. The SMILES string of the molecule is O=C1CCc2cc(-c3nc(C4C5CC5c5nc(-c6cc(Cl)ccc6-n6cnnn6)cc(=O)n54)[nH]c3F)ccc2N1. The predicted octanol–water partition coefficient (Wildman–Crippen LogP) is 3.66. The van der Waals surface area contributed by atoms with Crippen LogP contribution in [0.4, 0.5) is 10.1 Å². The first-order valence-corrected chi connectivity index (χ1v) is 13.2. The van der Waals surface area contributed by atoms with Gasteiger partial charge in [0.25, 0.3) is 5.56 Å². The van der Waals surface area contributed by atoms with E-state index in [1.54, 1.807) is 34.9 Å². The first-order chi connectivity index (χ1) is 19.4. The molecule has 40 heavy (non-hydrogen) atoms. The highest BCUT2D eigenvalue weighted by Crippen LogP contribution is 2.60. The van der Waals surface area contributed by atoms with Gasteiger partial charge in [-0.05, 0) is 65.1 Å². The van der Waals surface area contributed by atoms with Crippen molar-refractivity contribution >= 4 is 23.2 Å². The van der Waals surface area contributed by atoms with Crippen LogP contribution in [0.15, 0.2) is 53.6 Å². The number of benzene rings is 2. The molecule has 5 aromatic rings. The van der Waals surface area contributed by atoms with Crippen LogP contribution in [-0.2, 0) is 11.2 Å². The number of tetrazole rings is 1. The molecule has 5 heterocycles. The van der Waals surface area contributed by atoms with Crippen molar-refractivity contribution in [2.45, 2.75) is 31.2 Å². The van der Waals surface area contributed by atoms with Crippen molar-refractivity contribution < 1.29 is 9.18 Å². The van der Waals surface area contributed by atoms with E-state index in [4.69, 9.17) is 16.6 Å². The first-order valence-electron chi connectivity index (χ1n) is 12.8. The van der Waals surface area contributed by atoms with Crippen molar-refractivity contribution in [3.05, 3.63) is 87.3 Å². The molecule has 3 aromatic heterocycles. The van der Waals surface area contributed by atoms with E-state index in [-0.39, 0.29) is 29.0 Å². The fraction of sp³-hybridized carbons (Fsp3) is 0.222. The molecule has 2 aliphatic heterocycles. The van der Waals surface area contributed by atoms with Gasteiger partial charge in [0.1, 0.15) is 23.7 Å². The smallest absolute Gasteiger partial charge is 0.254 e. The molecular weight excluding hydrogens is 537 g/mol. The lowest BCUT2D eigenvalue weighted by Crippen LogP contribution is -2.27. The second kappa shape index (κ2) is 8.39. The van der Waals surface area contributed by atoms with Crippen molar-refractivity contribution in [2.24, 2.45) is 5.92 Å². The third-order valence-corrected chi connectivity index (χ3v) is 8.13. The summed E-state index contributed by atoms with van der Waals surface area (Å²) < 4.78 is 18.3. The predicted molar refractivity (Wildman–Crippen MR) is 142 cm³/mol. The Morgan fingerprint density at radius 2 is 1.95 bits per heavy atom. The number of halogens is 2. The van der Waals surface area contributed by atoms with E-state index in [9.17, 15) is 9.59 Å². The number of hydrogen-bond donors (Lipinski definition) is 2. The van der Waals surface area contributed by atoms with Crippen molar-refractivity contribution in [2.75, 3.05) is 5.32 Å².